The highest BCUT2D eigenvalue weighted by molar-refractivity contribution is 5.98. The zero-order chi connectivity index (χ0) is 29.8. The minimum atomic E-state index is -0.567. The molecule has 4 N–H and O–H groups in total. The van der Waals surface area contributed by atoms with E-state index in [2.05, 4.69) is 15.6 Å². The van der Waals surface area contributed by atoms with E-state index in [1.165, 1.54) is 36.5 Å². The second kappa shape index (κ2) is 15.6. The number of hydrogen-bond donors (Lipinski definition) is 3. The monoisotopic (exact) mass is 561 g/mol. The van der Waals surface area contributed by atoms with E-state index in [0.717, 1.165) is 18.4 Å². The van der Waals surface area contributed by atoms with Crippen LogP contribution in [0, 0.1) is 11.7 Å². The highest BCUT2D eigenvalue weighted by Crippen LogP contribution is 2.16. The van der Waals surface area contributed by atoms with E-state index in [-0.39, 0.29) is 23.3 Å². The van der Waals surface area contributed by atoms with Crippen molar-refractivity contribution < 1.29 is 18.8 Å². The van der Waals surface area contributed by atoms with E-state index in [1.54, 1.807) is 17.9 Å². The van der Waals surface area contributed by atoms with Crippen LogP contribution in [0.1, 0.15) is 66.4 Å². The Labute approximate surface area is 241 Å². The minimum absolute atomic E-state index is 0.121. The maximum atomic E-state index is 13.4. The van der Waals surface area contributed by atoms with Crippen LogP contribution in [0.25, 0.3) is 0 Å². The fraction of sp³-hybridized carbons (Fsp3) is 0.375. The maximum Gasteiger partial charge on any atom is 0.270 e. The van der Waals surface area contributed by atoms with E-state index < -0.39 is 23.9 Å². The Hall–Kier alpha value is -4.11. The van der Waals surface area contributed by atoms with Gasteiger partial charge < -0.3 is 21.3 Å². The molecule has 8 nitrogen and oxygen atoms in total. The van der Waals surface area contributed by atoms with Gasteiger partial charge in [0.2, 0.25) is 5.91 Å². The lowest BCUT2D eigenvalue weighted by molar-refractivity contribution is -0.119. The molecule has 0 unspecified atom stereocenters. The highest BCUT2D eigenvalue weighted by Gasteiger charge is 2.26. The Morgan fingerprint density at radius 3 is 2.27 bits per heavy atom. The molecule has 0 fully saturated rings. The van der Waals surface area contributed by atoms with Crippen LogP contribution < -0.4 is 16.4 Å². The number of carbonyl (C=O) groups excluding carboxylic acids is 3. The topological polar surface area (TPSA) is 117 Å². The molecule has 0 saturated carbocycles. The summed E-state index contributed by atoms with van der Waals surface area (Å²) in [5.41, 5.74) is 8.59. The van der Waals surface area contributed by atoms with Gasteiger partial charge in [0.15, 0.2) is 0 Å². The lowest BCUT2D eigenvalue weighted by Crippen LogP contribution is -2.50. The van der Waals surface area contributed by atoms with Crippen LogP contribution in [0.2, 0.25) is 0 Å². The first-order valence-corrected chi connectivity index (χ1v) is 14.1. The van der Waals surface area contributed by atoms with Crippen LogP contribution in [0.3, 0.4) is 0 Å². The number of benzene rings is 2. The molecule has 2 aromatic carbocycles. The van der Waals surface area contributed by atoms with Gasteiger partial charge in [0.25, 0.3) is 11.8 Å². The lowest BCUT2D eigenvalue weighted by atomic mass is 9.92. The molecule has 0 saturated heterocycles. The first-order valence-electron chi connectivity index (χ1n) is 14.1. The summed E-state index contributed by atoms with van der Waals surface area (Å²) in [5, 5.41) is 5.78. The third-order valence-corrected chi connectivity index (χ3v) is 6.83. The summed E-state index contributed by atoms with van der Waals surface area (Å²) >= 11 is 0. The first kappa shape index (κ1) is 31.4. The zero-order valence-corrected chi connectivity index (χ0v) is 24.0. The summed E-state index contributed by atoms with van der Waals surface area (Å²) in [6.45, 7) is 7.07. The second-order valence-corrected chi connectivity index (χ2v) is 10.3. The number of halogens is 1. The van der Waals surface area contributed by atoms with Crippen molar-refractivity contribution in [2.45, 2.75) is 58.5 Å². The number of nitrogens with one attached hydrogen (secondary N) is 2. The van der Waals surface area contributed by atoms with Crippen molar-refractivity contribution >= 4 is 23.4 Å². The van der Waals surface area contributed by atoms with Gasteiger partial charge in [-0.25, -0.2) is 4.39 Å². The molecular weight excluding hydrogens is 521 g/mol. The average Bonchev–Trinajstić information content (AvgIpc) is 2.98. The summed E-state index contributed by atoms with van der Waals surface area (Å²) in [7, 11) is 0. The number of anilines is 1. The van der Waals surface area contributed by atoms with Crippen LogP contribution in [0.4, 0.5) is 10.1 Å². The maximum absolute atomic E-state index is 13.4. The molecule has 1 aromatic heterocycles. The molecule has 0 aliphatic carbocycles. The molecule has 3 aromatic rings. The summed E-state index contributed by atoms with van der Waals surface area (Å²) in [6.07, 6.45) is 3.87. The quantitative estimate of drug-likeness (QED) is 0.261. The third-order valence-electron chi connectivity index (χ3n) is 6.83. The number of pyridine rings is 1. The van der Waals surface area contributed by atoms with E-state index in [9.17, 15) is 18.8 Å². The predicted octanol–water partition coefficient (Wildman–Crippen LogP) is 4.82. The smallest absolute Gasteiger partial charge is 0.270 e. The van der Waals surface area contributed by atoms with Gasteiger partial charge in [0.1, 0.15) is 11.5 Å². The number of nitrogens with zero attached hydrogens (tertiary/aromatic N) is 2. The molecular formula is C32H40FN5O3. The van der Waals surface area contributed by atoms with Crippen molar-refractivity contribution in [3.05, 3.63) is 95.6 Å². The molecule has 0 aliphatic heterocycles. The summed E-state index contributed by atoms with van der Waals surface area (Å²) in [5.74, 6) is -1.71. The lowest BCUT2D eigenvalue weighted by Gasteiger charge is -2.27. The molecule has 9 heteroatoms. The Morgan fingerprint density at radius 2 is 1.63 bits per heavy atom. The SMILES string of the molecule is CCCN(CCC)C(=O)c1ccnc(C(=O)N[C@@H](Cc2ccccc2)[C@@H](N)C[C@@H](C)C(=O)Nc2ccc(F)cc2)c1. The minimum Gasteiger partial charge on any atom is -0.346 e. The molecule has 0 radical (unpaired) electrons. The number of aromatic nitrogens is 1. The summed E-state index contributed by atoms with van der Waals surface area (Å²) in [6, 6.07) is 17.2. The normalized spacial score (nSPS) is 13.1. The average molecular weight is 562 g/mol. The number of rotatable bonds is 14. The van der Waals surface area contributed by atoms with Crippen molar-refractivity contribution in [3.8, 4) is 0 Å². The largest absolute Gasteiger partial charge is 0.346 e. The molecule has 218 valence electrons. The van der Waals surface area contributed by atoms with E-state index in [0.29, 0.717) is 37.2 Å². The fourth-order valence-electron chi connectivity index (χ4n) is 4.62. The molecule has 0 bridgehead atoms. The number of hydrogen-bond acceptors (Lipinski definition) is 5. The van der Waals surface area contributed by atoms with Gasteiger partial charge in [0.05, 0.1) is 0 Å². The van der Waals surface area contributed by atoms with Crippen LogP contribution in [-0.2, 0) is 11.2 Å². The summed E-state index contributed by atoms with van der Waals surface area (Å²) < 4.78 is 13.2. The van der Waals surface area contributed by atoms with Gasteiger partial charge in [-0.3, -0.25) is 19.4 Å². The number of carbonyl (C=O) groups is 3. The zero-order valence-electron chi connectivity index (χ0n) is 24.0. The second-order valence-electron chi connectivity index (χ2n) is 10.3. The van der Waals surface area contributed by atoms with Gasteiger partial charge in [-0.15, -0.1) is 0 Å². The Balaban J connectivity index is 1.74. The molecule has 3 amide bonds. The van der Waals surface area contributed by atoms with Crippen molar-refractivity contribution in [2.75, 3.05) is 18.4 Å². The Morgan fingerprint density at radius 1 is 0.976 bits per heavy atom. The summed E-state index contributed by atoms with van der Waals surface area (Å²) in [4.78, 5) is 45.3. The molecule has 1 heterocycles. The molecule has 3 rings (SSSR count). The fourth-order valence-corrected chi connectivity index (χ4v) is 4.62. The number of nitrogens with two attached hydrogens (primary N) is 1. The van der Waals surface area contributed by atoms with Crippen LogP contribution in [0.15, 0.2) is 72.9 Å². The molecule has 41 heavy (non-hydrogen) atoms. The van der Waals surface area contributed by atoms with E-state index in [4.69, 9.17) is 5.73 Å². The van der Waals surface area contributed by atoms with Crippen molar-refractivity contribution in [3.63, 3.8) is 0 Å². The number of amides is 3. The van der Waals surface area contributed by atoms with Gasteiger partial charge >= 0.3 is 0 Å². The van der Waals surface area contributed by atoms with Crippen LogP contribution >= 0.6 is 0 Å². The van der Waals surface area contributed by atoms with Crippen molar-refractivity contribution in [2.24, 2.45) is 11.7 Å². The Bertz CT molecular complexity index is 1280. The van der Waals surface area contributed by atoms with Gasteiger partial charge in [-0.1, -0.05) is 51.1 Å². The molecule has 3 atom stereocenters. The third kappa shape index (κ3) is 9.49. The Kier molecular flexibility index (Phi) is 12.0. The van der Waals surface area contributed by atoms with Gasteiger partial charge in [-0.2, -0.15) is 0 Å². The van der Waals surface area contributed by atoms with Crippen molar-refractivity contribution in [1.82, 2.24) is 15.2 Å². The molecule has 0 aliphatic rings. The highest BCUT2D eigenvalue weighted by atomic mass is 19.1. The first-order chi connectivity index (χ1) is 19.7. The van der Waals surface area contributed by atoms with E-state index >= 15 is 0 Å². The van der Waals surface area contributed by atoms with Crippen LogP contribution in [0.5, 0.6) is 0 Å². The van der Waals surface area contributed by atoms with Gasteiger partial charge in [-0.05, 0) is 67.6 Å². The predicted molar refractivity (Wildman–Crippen MR) is 159 cm³/mol. The van der Waals surface area contributed by atoms with Gasteiger partial charge in [0, 0.05) is 48.5 Å². The standard InChI is InChI=1S/C32H40FN5O3/c1-4-17-38(18-5-2)32(41)24-15-16-35-29(21-24)31(40)37-28(20-23-9-7-6-8-10-23)27(34)19-22(3)30(39)36-26-13-11-25(33)12-14-26/h6-16,21-22,27-28H,4-5,17-20,34H2,1-3H3,(H,36,39)(H,37,40)/t22-,27+,28+/m1/s1. The van der Waals surface area contributed by atoms with Crippen molar-refractivity contribution in [1.29, 1.82) is 0 Å². The molecule has 0 spiro atoms. The van der Waals surface area contributed by atoms with E-state index in [1.807, 2.05) is 44.2 Å². The van der Waals surface area contributed by atoms with Crippen LogP contribution in [-0.4, -0.2) is 52.8 Å².